The number of aromatic amines is 1. The fourth-order valence-electron chi connectivity index (χ4n) is 3.09. The maximum absolute atomic E-state index is 12.5. The van der Waals surface area contributed by atoms with Crippen molar-refractivity contribution in [2.45, 2.75) is 13.3 Å². The molecule has 0 spiro atoms. The molecular formula is C21H19N3O2. The topological polar surface area (TPSA) is 66.4 Å². The van der Waals surface area contributed by atoms with Crippen LogP contribution in [-0.4, -0.2) is 21.8 Å². The number of rotatable bonds is 4. The standard InChI is InChI=1S/C21H19N3O2/c1-2-9-22-20(25)17-11-19-21(26)23-18(13-24(19)12-17)16-8-7-14-5-3-4-6-15(14)10-16/h3-8,10-13H,2,9H2,1H3,(H,22,25)(H,23,26). The first-order valence-electron chi connectivity index (χ1n) is 8.68. The van der Waals surface area contributed by atoms with Crippen LogP contribution >= 0.6 is 0 Å². The van der Waals surface area contributed by atoms with Crippen molar-refractivity contribution in [3.05, 3.63) is 76.8 Å². The number of nitrogens with zero attached hydrogens (tertiary/aromatic N) is 1. The molecule has 2 aromatic heterocycles. The van der Waals surface area contributed by atoms with Gasteiger partial charge in [-0.3, -0.25) is 9.59 Å². The summed E-state index contributed by atoms with van der Waals surface area (Å²) >= 11 is 0. The zero-order valence-corrected chi connectivity index (χ0v) is 14.5. The van der Waals surface area contributed by atoms with Crippen molar-refractivity contribution in [3.63, 3.8) is 0 Å². The molecule has 130 valence electrons. The van der Waals surface area contributed by atoms with Gasteiger partial charge in [-0.15, -0.1) is 0 Å². The molecule has 2 aromatic carbocycles. The van der Waals surface area contributed by atoms with E-state index in [9.17, 15) is 9.59 Å². The average Bonchev–Trinajstić information content (AvgIpc) is 3.10. The average molecular weight is 345 g/mol. The van der Waals surface area contributed by atoms with Gasteiger partial charge in [0.1, 0.15) is 5.52 Å². The Bertz CT molecular complexity index is 1170. The number of amides is 1. The Balaban J connectivity index is 1.78. The fraction of sp³-hybridized carbons (Fsp3) is 0.143. The Morgan fingerprint density at radius 3 is 2.69 bits per heavy atom. The summed E-state index contributed by atoms with van der Waals surface area (Å²) in [4.78, 5) is 27.5. The van der Waals surface area contributed by atoms with Gasteiger partial charge in [0.05, 0.1) is 11.3 Å². The van der Waals surface area contributed by atoms with Gasteiger partial charge in [-0.1, -0.05) is 43.3 Å². The quantitative estimate of drug-likeness (QED) is 0.594. The van der Waals surface area contributed by atoms with Gasteiger partial charge in [-0.25, -0.2) is 0 Å². The second-order valence-electron chi connectivity index (χ2n) is 6.34. The van der Waals surface area contributed by atoms with Crippen molar-refractivity contribution >= 4 is 22.2 Å². The summed E-state index contributed by atoms with van der Waals surface area (Å²) in [5.41, 5.74) is 2.36. The normalized spacial score (nSPS) is 11.1. The molecule has 0 aliphatic rings. The monoisotopic (exact) mass is 345 g/mol. The smallest absolute Gasteiger partial charge is 0.272 e. The molecule has 0 bridgehead atoms. The van der Waals surface area contributed by atoms with Crippen LogP contribution in [0.2, 0.25) is 0 Å². The summed E-state index contributed by atoms with van der Waals surface area (Å²) in [6.45, 7) is 2.61. The van der Waals surface area contributed by atoms with Gasteiger partial charge in [-0.05, 0) is 29.3 Å². The van der Waals surface area contributed by atoms with Crippen LogP contribution in [0.5, 0.6) is 0 Å². The fourth-order valence-corrected chi connectivity index (χ4v) is 3.09. The Kier molecular flexibility index (Phi) is 4.05. The summed E-state index contributed by atoms with van der Waals surface area (Å²) in [7, 11) is 0. The third kappa shape index (κ3) is 2.88. The van der Waals surface area contributed by atoms with Crippen molar-refractivity contribution in [3.8, 4) is 11.3 Å². The number of fused-ring (bicyclic) bond motifs is 2. The minimum absolute atomic E-state index is 0.165. The zero-order valence-electron chi connectivity index (χ0n) is 14.5. The third-order valence-electron chi connectivity index (χ3n) is 4.46. The first kappa shape index (κ1) is 16.1. The van der Waals surface area contributed by atoms with Crippen LogP contribution in [0.4, 0.5) is 0 Å². The molecule has 0 aliphatic heterocycles. The molecule has 0 saturated carbocycles. The summed E-state index contributed by atoms with van der Waals surface area (Å²) < 4.78 is 1.71. The molecule has 5 nitrogen and oxygen atoms in total. The van der Waals surface area contributed by atoms with Crippen molar-refractivity contribution in [1.82, 2.24) is 14.7 Å². The number of carbonyl (C=O) groups is 1. The van der Waals surface area contributed by atoms with E-state index in [4.69, 9.17) is 0 Å². The number of aromatic nitrogens is 2. The highest BCUT2D eigenvalue weighted by atomic mass is 16.1. The molecule has 2 heterocycles. The lowest BCUT2D eigenvalue weighted by Crippen LogP contribution is -2.23. The van der Waals surface area contributed by atoms with Crippen LogP contribution in [0.1, 0.15) is 23.7 Å². The Hall–Kier alpha value is -3.34. The van der Waals surface area contributed by atoms with E-state index in [1.807, 2.05) is 49.5 Å². The lowest BCUT2D eigenvalue weighted by atomic mass is 10.1. The summed E-state index contributed by atoms with van der Waals surface area (Å²) in [5, 5.41) is 5.09. The molecule has 0 atom stereocenters. The molecular weight excluding hydrogens is 326 g/mol. The highest BCUT2D eigenvalue weighted by Gasteiger charge is 2.11. The van der Waals surface area contributed by atoms with E-state index >= 15 is 0 Å². The molecule has 1 amide bonds. The van der Waals surface area contributed by atoms with E-state index in [2.05, 4.69) is 16.4 Å². The predicted molar refractivity (Wildman–Crippen MR) is 104 cm³/mol. The van der Waals surface area contributed by atoms with Gasteiger partial charge in [0.2, 0.25) is 0 Å². The largest absolute Gasteiger partial charge is 0.352 e. The minimum Gasteiger partial charge on any atom is -0.352 e. The van der Waals surface area contributed by atoms with E-state index in [0.717, 1.165) is 22.8 Å². The van der Waals surface area contributed by atoms with Crippen LogP contribution in [0.15, 0.2) is 65.7 Å². The number of carbonyl (C=O) groups excluding carboxylic acids is 1. The molecule has 4 aromatic rings. The minimum atomic E-state index is -0.217. The first-order chi connectivity index (χ1) is 12.7. The first-order valence-corrected chi connectivity index (χ1v) is 8.68. The van der Waals surface area contributed by atoms with Crippen LogP contribution in [-0.2, 0) is 0 Å². The van der Waals surface area contributed by atoms with E-state index in [1.54, 1.807) is 16.7 Å². The Labute approximate surface area is 150 Å². The van der Waals surface area contributed by atoms with Crippen LogP contribution in [0, 0.1) is 0 Å². The van der Waals surface area contributed by atoms with Crippen molar-refractivity contribution in [1.29, 1.82) is 0 Å². The molecule has 4 rings (SSSR count). The highest BCUT2D eigenvalue weighted by molar-refractivity contribution is 5.95. The van der Waals surface area contributed by atoms with E-state index in [-0.39, 0.29) is 11.5 Å². The number of benzene rings is 2. The lowest BCUT2D eigenvalue weighted by molar-refractivity contribution is 0.0954. The molecule has 0 unspecified atom stereocenters. The second-order valence-corrected chi connectivity index (χ2v) is 6.34. The zero-order chi connectivity index (χ0) is 18.1. The molecule has 0 radical (unpaired) electrons. The Morgan fingerprint density at radius 1 is 1.08 bits per heavy atom. The van der Waals surface area contributed by atoms with Crippen molar-refractivity contribution in [2.75, 3.05) is 6.54 Å². The lowest BCUT2D eigenvalue weighted by Gasteiger charge is -2.05. The van der Waals surface area contributed by atoms with Gasteiger partial charge < -0.3 is 14.7 Å². The van der Waals surface area contributed by atoms with Gasteiger partial charge in [0, 0.05) is 24.5 Å². The number of H-pyrrole nitrogens is 1. The van der Waals surface area contributed by atoms with E-state index < -0.39 is 0 Å². The highest BCUT2D eigenvalue weighted by Crippen LogP contribution is 2.23. The summed E-state index contributed by atoms with van der Waals surface area (Å²) in [6.07, 6.45) is 4.41. The molecule has 0 aliphatic carbocycles. The third-order valence-corrected chi connectivity index (χ3v) is 4.46. The van der Waals surface area contributed by atoms with Crippen LogP contribution < -0.4 is 10.9 Å². The summed E-state index contributed by atoms with van der Waals surface area (Å²) in [5.74, 6) is -0.165. The maximum Gasteiger partial charge on any atom is 0.272 e. The molecule has 0 fully saturated rings. The van der Waals surface area contributed by atoms with Gasteiger partial charge >= 0.3 is 0 Å². The van der Waals surface area contributed by atoms with Crippen molar-refractivity contribution < 1.29 is 4.79 Å². The SMILES string of the molecule is CCCNC(=O)c1cc2c(=O)[nH]c(-c3ccc4ccccc4c3)cn2c1. The van der Waals surface area contributed by atoms with Gasteiger partial charge in [-0.2, -0.15) is 0 Å². The number of hydrogen-bond donors (Lipinski definition) is 2. The number of nitrogens with one attached hydrogen (secondary N) is 2. The van der Waals surface area contributed by atoms with Gasteiger partial charge in [0.15, 0.2) is 0 Å². The maximum atomic E-state index is 12.5. The number of hydrogen-bond acceptors (Lipinski definition) is 2. The molecule has 0 saturated heterocycles. The summed E-state index contributed by atoms with van der Waals surface area (Å²) in [6, 6.07) is 15.8. The molecule has 5 heteroatoms. The van der Waals surface area contributed by atoms with Crippen LogP contribution in [0.3, 0.4) is 0 Å². The van der Waals surface area contributed by atoms with Crippen molar-refractivity contribution in [2.24, 2.45) is 0 Å². The van der Waals surface area contributed by atoms with E-state index in [0.29, 0.717) is 23.3 Å². The van der Waals surface area contributed by atoms with E-state index in [1.165, 1.54) is 0 Å². The van der Waals surface area contributed by atoms with Crippen LogP contribution in [0.25, 0.3) is 27.5 Å². The Morgan fingerprint density at radius 2 is 1.88 bits per heavy atom. The molecule has 26 heavy (non-hydrogen) atoms. The van der Waals surface area contributed by atoms with Gasteiger partial charge in [0.25, 0.3) is 11.5 Å². The predicted octanol–water partition coefficient (Wildman–Crippen LogP) is 3.59. The second kappa shape index (κ2) is 6.52. The molecule has 2 N–H and O–H groups in total.